The molecule has 3 rings (SSSR count). The first kappa shape index (κ1) is 18.4. The van der Waals surface area contributed by atoms with Crippen LogP contribution in [0.3, 0.4) is 0 Å². The molecule has 5 nitrogen and oxygen atoms in total. The van der Waals surface area contributed by atoms with Crippen molar-refractivity contribution in [2.75, 3.05) is 18.0 Å². The SMILES string of the molecule is O=C(NCCc1cccc(Cl)c1F)[C@@]1(O)CCN(c2ccccc2)C1=O. The number of nitrogens with zero attached hydrogens (tertiary/aromatic N) is 1. The molecule has 0 bridgehead atoms. The van der Waals surface area contributed by atoms with Crippen molar-refractivity contribution in [3.63, 3.8) is 0 Å². The van der Waals surface area contributed by atoms with Gasteiger partial charge in [0.25, 0.3) is 11.8 Å². The molecular weight excluding hydrogens is 359 g/mol. The monoisotopic (exact) mass is 376 g/mol. The van der Waals surface area contributed by atoms with Crippen LogP contribution in [0.4, 0.5) is 10.1 Å². The van der Waals surface area contributed by atoms with E-state index in [1.54, 1.807) is 36.4 Å². The van der Waals surface area contributed by atoms with E-state index < -0.39 is 23.2 Å². The molecule has 1 heterocycles. The third-order valence-electron chi connectivity index (χ3n) is 4.45. The number of carbonyl (C=O) groups excluding carboxylic acids is 2. The first-order valence-corrected chi connectivity index (χ1v) is 8.62. The average Bonchev–Trinajstić information content (AvgIpc) is 2.95. The first-order valence-electron chi connectivity index (χ1n) is 8.24. The van der Waals surface area contributed by atoms with Crippen LogP contribution in [0.2, 0.25) is 5.02 Å². The topological polar surface area (TPSA) is 69.6 Å². The quantitative estimate of drug-likeness (QED) is 0.787. The number of hydrogen-bond donors (Lipinski definition) is 2. The molecule has 0 saturated carbocycles. The largest absolute Gasteiger partial charge is 0.372 e. The molecule has 0 aromatic heterocycles. The molecule has 0 aliphatic carbocycles. The first-order chi connectivity index (χ1) is 12.4. The van der Waals surface area contributed by atoms with Gasteiger partial charge < -0.3 is 15.3 Å². The van der Waals surface area contributed by atoms with Gasteiger partial charge in [-0.05, 0) is 30.2 Å². The molecule has 1 atom stereocenters. The van der Waals surface area contributed by atoms with Gasteiger partial charge in [-0.15, -0.1) is 0 Å². The molecule has 0 unspecified atom stereocenters. The van der Waals surface area contributed by atoms with Crippen molar-refractivity contribution in [2.45, 2.75) is 18.4 Å². The number of carbonyl (C=O) groups is 2. The summed E-state index contributed by atoms with van der Waals surface area (Å²) in [7, 11) is 0. The number of aliphatic hydroxyl groups is 1. The van der Waals surface area contributed by atoms with Crippen LogP contribution in [-0.2, 0) is 16.0 Å². The van der Waals surface area contributed by atoms with E-state index in [0.29, 0.717) is 11.3 Å². The second-order valence-electron chi connectivity index (χ2n) is 6.12. The van der Waals surface area contributed by atoms with Crippen molar-refractivity contribution in [1.82, 2.24) is 5.32 Å². The number of anilines is 1. The summed E-state index contributed by atoms with van der Waals surface area (Å²) in [6, 6.07) is 13.5. The number of halogens is 2. The maximum absolute atomic E-state index is 13.8. The van der Waals surface area contributed by atoms with Crippen LogP contribution < -0.4 is 10.2 Å². The fraction of sp³-hybridized carbons (Fsp3) is 0.263. The lowest BCUT2D eigenvalue weighted by Gasteiger charge is -2.21. The number of nitrogens with one attached hydrogen (secondary N) is 1. The summed E-state index contributed by atoms with van der Waals surface area (Å²) in [6.07, 6.45) is 0.197. The Morgan fingerprint density at radius 2 is 1.96 bits per heavy atom. The molecule has 2 N–H and O–H groups in total. The van der Waals surface area contributed by atoms with Crippen LogP contribution in [0.15, 0.2) is 48.5 Å². The Morgan fingerprint density at radius 1 is 1.23 bits per heavy atom. The van der Waals surface area contributed by atoms with Crippen LogP contribution in [0.1, 0.15) is 12.0 Å². The normalized spacial score (nSPS) is 19.7. The van der Waals surface area contributed by atoms with Crippen molar-refractivity contribution >= 4 is 29.1 Å². The van der Waals surface area contributed by atoms with Gasteiger partial charge >= 0.3 is 0 Å². The minimum Gasteiger partial charge on any atom is -0.372 e. The zero-order chi connectivity index (χ0) is 18.7. The highest BCUT2D eigenvalue weighted by Crippen LogP contribution is 2.28. The molecular formula is C19H18ClFN2O3. The fourth-order valence-corrected chi connectivity index (χ4v) is 3.16. The number of benzene rings is 2. The van der Waals surface area contributed by atoms with Crippen molar-refractivity contribution in [1.29, 1.82) is 0 Å². The zero-order valence-electron chi connectivity index (χ0n) is 13.9. The van der Waals surface area contributed by atoms with E-state index in [0.717, 1.165) is 0 Å². The van der Waals surface area contributed by atoms with Crippen LogP contribution in [0.5, 0.6) is 0 Å². The van der Waals surface area contributed by atoms with E-state index in [9.17, 15) is 19.1 Å². The Hall–Kier alpha value is -2.44. The molecule has 0 radical (unpaired) electrons. The fourth-order valence-electron chi connectivity index (χ4n) is 2.97. The molecule has 2 aromatic carbocycles. The van der Waals surface area contributed by atoms with E-state index in [4.69, 9.17) is 11.6 Å². The summed E-state index contributed by atoms with van der Waals surface area (Å²) in [5.41, 5.74) is -1.13. The highest BCUT2D eigenvalue weighted by molar-refractivity contribution is 6.30. The number of rotatable bonds is 5. The van der Waals surface area contributed by atoms with Crippen molar-refractivity contribution < 1.29 is 19.1 Å². The lowest BCUT2D eigenvalue weighted by atomic mass is 10.0. The summed E-state index contributed by atoms with van der Waals surface area (Å²) >= 11 is 5.72. The van der Waals surface area contributed by atoms with E-state index in [1.807, 2.05) is 6.07 Å². The minimum absolute atomic E-state index is 0.00190. The lowest BCUT2D eigenvalue weighted by Crippen LogP contribution is -2.52. The van der Waals surface area contributed by atoms with Gasteiger partial charge in [0.15, 0.2) is 0 Å². The number of hydrogen-bond acceptors (Lipinski definition) is 3. The molecule has 26 heavy (non-hydrogen) atoms. The zero-order valence-corrected chi connectivity index (χ0v) is 14.7. The second-order valence-corrected chi connectivity index (χ2v) is 6.53. The standard InChI is InChI=1S/C19H18ClFN2O3/c20-15-8-4-5-13(16(15)21)9-11-22-17(24)19(26)10-12-23(18(19)25)14-6-2-1-3-7-14/h1-8,26H,9-12H2,(H,22,24)/t19-/m0/s1. The van der Waals surface area contributed by atoms with E-state index >= 15 is 0 Å². The summed E-state index contributed by atoms with van der Waals surface area (Å²) in [5, 5.41) is 13.1. The molecule has 0 spiro atoms. The predicted molar refractivity (Wildman–Crippen MR) is 96.5 cm³/mol. The predicted octanol–water partition coefficient (Wildman–Crippen LogP) is 2.31. The van der Waals surface area contributed by atoms with Gasteiger partial charge in [-0.3, -0.25) is 9.59 Å². The Morgan fingerprint density at radius 3 is 2.69 bits per heavy atom. The van der Waals surface area contributed by atoms with Gasteiger partial charge in [0.05, 0.1) is 5.02 Å². The second kappa shape index (κ2) is 7.43. The van der Waals surface area contributed by atoms with E-state index in [-0.39, 0.29) is 31.0 Å². The van der Waals surface area contributed by atoms with Crippen LogP contribution in [0, 0.1) is 5.82 Å². The highest BCUT2D eigenvalue weighted by atomic mass is 35.5. The maximum atomic E-state index is 13.8. The lowest BCUT2D eigenvalue weighted by molar-refractivity contribution is -0.149. The molecule has 1 aliphatic rings. The van der Waals surface area contributed by atoms with Crippen LogP contribution in [-0.4, -0.2) is 35.6 Å². The van der Waals surface area contributed by atoms with Gasteiger partial charge in [-0.1, -0.05) is 41.9 Å². The van der Waals surface area contributed by atoms with E-state index in [1.165, 1.54) is 11.0 Å². The Labute approximate surface area is 155 Å². The van der Waals surface area contributed by atoms with Crippen molar-refractivity contribution in [2.24, 2.45) is 0 Å². The molecule has 1 saturated heterocycles. The number of para-hydroxylation sites is 1. The van der Waals surface area contributed by atoms with Crippen LogP contribution in [0.25, 0.3) is 0 Å². The summed E-state index contributed by atoms with van der Waals surface area (Å²) in [4.78, 5) is 26.3. The molecule has 1 fully saturated rings. The molecule has 1 aliphatic heterocycles. The van der Waals surface area contributed by atoms with Gasteiger partial charge in [-0.2, -0.15) is 0 Å². The number of amides is 2. The summed E-state index contributed by atoms with van der Waals surface area (Å²) < 4.78 is 13.8. The van der Waals surface area contributed by atoms with Gasteiger partial charge in [0.1, 0.15) is 5.82 Å². The Bertz CT molecular complexity index is 831. The third kappa shape index (κ3) is 3.43. The minimum atomic E-state index is -2.11. The smallest absolute Gasteiger partial charge is 0.268 e. The Kier molecular flexibility index (Phi) is 5.25. The molecule has 136 valence electrons. The maximum Gasteiger partial charge on any atom is 0.268 e. The molecule has 2 aromatic rings. The molecule has 2 amide bonds. The van der Waals surface area contributed by atoms with Gasteiger partial charge in [0.2, 0.25) is 5.60 Å². The van der Waals surface area contributed by atoms with Gasteiger partial charge in [0, 0.05) is 25.2 Å². The Balaban J connectivity index is 1.62. The summed E-state index contributed by atoms with van der Waals surface area (Å²) in [5.74, 6) is -1.96. The summed E-state index contributed by atoms with van der Waals surface area (Å²) in [6.45, 7) is 0.326. The molecule has 7 heteroatoms. The average molecular weight is 377 g/mol. The highest BCUT2D eigenvalue weighted by Gasteiger charge is 2.51. The van der Waals surface area contributed by atoms with Crippen LogP contribution >= 0.6 is 11.6 Å². The van der Waals surface area contributed by atoms with Gasteiger partial charge in [-0.25, -0.2) is 4.39 Å². The van der Waals surface area contributed by atoms with E-state index in [2.05, 4.69) is 5.32 Å². The van der Waals surface area contributed by atoms with Crippen molar-refractivity contribution in [3.8, 4) is 0 Å². The third-order valence-corrected chi connectivity index (χ3v) is 4.74. The van der Waals surface area contributed by atoms with Crippen molar-refractivity contribution in [3.05, 3.63) is 64.9 Å².